The molecule has 0 bridgehead atoms. The Morgan fingerprint density at radius 2 is 1.94 bits per heavy atom. The lowest BCUT2D eigenvalue weighted by Gasteiger charge is -1.99. The molecule has 8 heteroatoms. The van der Waals surface area contributed by atoms with Crippen molar-refractivity contribution in [3.8, 4) is 11.3 Å². The summed E-state index contributed by atoms with van der Waals surface area (Å²) in [5.41, 5.74) is -0.559. The molecule has 0 spiro atoms. The highest BCUT2D eigenvalue weighted by Gasteiger charge is 2.35. The smallest absolute Gasteiger partial charge is 0.300 e. The van der Waals surface area contributed by atoms with Crippen molar-refractivity contribution in [2.24, 2.45) is 14.1 Å². The molecule has 0 unspecified atom stereocenters. The summed E-state index contributed by atoms with van der Waals surface area (Å²) in [6.07, 6.45) is -4.52. The van der Waals surface area contributed by atoms with Crippen LogP contribution in [0.5, 0.6) is 0 Å². The number of aryl methyl sites for hydroxylation is 3. The highest BCUT2D eigenvalue weighted by Crippen LogP contribution is 2.31. The Kier molecular flexibility index (Phi) is 2.60. The van der Waals surface area contributed by atoms with Crippen LogP contribution in [0.4, 0.5) is 13.2 Å². The van der Waals surface area contributed by atoms with Gasteiger partial charge in [0.1, 0.15) is 0 Å². The molecular formula is C10H11F3N4O. The minimum atomic E-state index is -4.52. The normalized spacial score (nSPS) is 12.1. The minimum Gasteiger partial charge on any atom is -0.300 e. The van der Waals surface area contributed by atoms with Gasteiger partial charge in [-0.25, -0.2) is 0 Å². The van der Waals surface area contributed by atoms with Gasteiger partial charge in [-0.05, 0) is 13.0 Å². The first-order chi connectivity index (χ1) is 8.21. The SMILES string of the molecule is Cc1[nH]n(C)c(=O)c1-c1cc(C(F)(F)F)nn1C. The van der Waals surface area contributed by atoms with Crippen LogP contribution in [0.25, 0.3) is 11.3 Å². The van der Waals surface area contributed by atoms with Gasteiger partial charge in [0, 0.05) is 19.8 Å². The summed E-state index contributed by atoms with van der Waals surface area (Å²) in [5, 5.41) is 6.11. The first-order valence-electron chi connectivity index (χ1n) is 5.09. The molecule has 0 aromatic carbocycles. The highest BCUT2D eigenvalue weighted by atomic mass is 19.4. The fraction of sp³-hybridized carbons (Fsp3) is 0.400. The molecule has 2 rings (SSSR count). The maximum absolute atomic E-state index is 12.5. The predicted molar refractivity (Wildman–Crippen MR) is 58.0 cm³/mol. The molecule has 0 aliphatic rings. The Morgan fingerprint density at radius 1 is 1.33 bits per heavy atom. The van der Waals surface area contributed by atoms with Crippen molar-refractivity contribution in [2.45, 2.75) is 13.1 Å². The number of aromatic amines is 1. The van der Waals surface area contributed by atoms with Crippen LogP contribution < -0.4 is 5.56 Å². The molecule has 0 fully saturated rings. The van der Waals surface area contributed by atoms with Gasteiger partial charge in [-0.1, -0.05) is 0 Å². The number of nitrogens with one attached hydrogen (secondary N) is 1. The van der Waals surface area contributed by atoms with Crippen molar-refractivity contribution in [3.63, 3.8) is 0 Å². The van der Waals surface area contributed by atoms with Gasteiger partial charge >= 0.3 is 6.18 Å². The van der Waals surface area contributed by atoms with E-state index in [1.54, 1.807) is 6.92 Å². The molecule has 98 valence electrons. The van der Waals surface area contributed by atoms with Crippen molar-refractivity contribution in [1.29, 1.82) is 0 Å². The third-order valence-corrected chi connectivity index (χ3v) is 2.66. The van der Waals surface area contributed by atoms with Crippen LogP contribution in [-0.4, -0.2) is 19.6 Å². The molecule has 2 aromatic heterocycles. The number of hydrogen-bond donors (Lipinski definition) is 1. The fourth-order valence-corrected chi connectivity index (χ4v) is 1.83. The van der Waals surface area contributed by atoms with Crippen LogP contribution in [0, 0.1) is 6.92 Å². The second kappa shape index (κ2) is 3.76. The number of nitrogens with zero attached hydrogens (tertiary/aromatic N) is 3. The second-order valence-corrected chi connectivity index (χ2v) is 4.01. The van der Waals surface area contributed by atoms with E-state index in [9.17, 15) is 18.0 Å². The third-order valence-electron chi connectivity index (χ3n) is 2.66. The standard InChI is InChI=1S/C10H11F3N4O/c1-5-8(9(18)17(3)14-5)6-4-7(10(11,12)13)15-16(6)2/h4,14H,1-3H3. The minimum absolute atomic E-state index is 0.140. The van der Waals surface area contributed by atoms with Gasteiger partial charge in [-0.3, -0.25) is 19.3 Å². The number of H-pyrrole nitrogens is 1. The van der Waals surface area contributed by atoms with E-state index in [4.69, 9.17) is 0 Å². The molecular weight excluding hydrogens is 249 g/mol. The highest BCUT2D eigenvalue weighted by molar-refractivity contribution is 5.61. The van der Waals surface area contributed by atoms with Crippen LogP contribution in [0.2, 0.25) is 0 Å². The summed E-state index contributed by atoms with van der Waals surface area (Å²) in [6.45, 7) is 1.62. The molecule has 0 amide bonds. The van der Waals surface area contributed by atoms with Crippen molar-refractivity contribution >= 4 is 0 Å². The van der Waals surface area contributed by atoms with Gasteiger partial charge in [0.05, 0.1) is 11.3 Å². The largest absolute Gasteiger partial charge is 0.435 e. The van der Waals surface area contributed by atoms with E-state index in [1.807, 2.05) is 0 Å². The van der Waals surface area contributed by atoms with Crippen molar-refractivity contribution in [3.05, 3.63) is 27.8 Å². The molecule has 2 heterocycles. The second-order valence-electron chi connectivity index (χ2n) is 4.01. The predicted octanol–water partition coefficient (Wildman–Crippen LogP) is 1.44. The van der Waals surface area contributed by atoms with Crippen molar-refractivity contribution in [2.75, 3.05) is 0 Å². The molecule has 0 radical (unpaired) electrons. The zero-order valence-corrected chi connectivity index (χ0v) is 9.96. The first-order valence-corrected chi connectivity index (χ1v) is 5.09. The lowest BCUT2D eigenvalue weighted by molar-refractivity contribution is -0.141. The van der Waals surface area contributed by atoms with E-state index in [-0.39, 0.29) is 16.8 Å². The van der Waals surface area contributed by atoms with E-state index >= 15 is 0 Å². The Hall–Kier alpha value is -1.99. The molecule has 0 saturated carbocycles. The lowest BCUT2D eigenvalue weighted by Crippen LogP contribution is -2.14. The van der Waals surface area contributed by atoms with Crippen LogP contribution >= 0.6 is 0 Å². The number of hydrogen-bond acceptors (Lipinski definition) is 2. The number of halogens is 3. The van der Waals surface area contributed by atoms with Crippen LogP contribution in [0.15, 0.2) is 10.9 Å². The molecule has 0 aliphatic heterocycles. The summed E-state index contributed by atoms with van der Waals surface area (Å²) in [6, 6.07) is 0.873. The zero-order valence-electron chi connectivity index (χ0n) is 9.96. The molecule has 0 saturated heterocycles. The average Bonchev–Trinajstić information content (AvgIpc) is 2.70. The van der Waals surface area contributed by atoms with E-state index < -0.39 is 11.9 Å². The van der Waals surface area contributed by atoms with Gasteiger partial charge in [0.2, 0.25) is 0 Å². The van der Waals surface area contributed by atoms with Gasteiger partial charge in [-0.15, -0.1) is 0 Å². The third kappa shape index (κ3) is 1.83. The van der Waals surface area contributed by atoms with Crippen LogP contribution in [0.1, 0.15) is 11.4 Å². The summed E-state index contributed by atoms with van der Waals surface area (Å²) in [7, 11) is 2.87. The van der Waals surface area contributed by atoms with Crippen molar-refractivity contribution < 1.29 is 13.2 Å². The van der Waals surface area contributed by atoms with E-state index in [0.29, 0.717) is 5.69 Å². The van der Waals surface area contributed by atoms with E-state index in [0.717, 1.165) is 10.7 Å². The van der Waals surface area contributed by atoms with Gasteiger partial charge in [0.25, 0.3) is 5.56 Å². The maximum Gasteiger partial charge on any atom is 0.435 e. The molecule has 2 aromatic rings. The number of aromatic nitrogens is 4. The van der Waals surface area contributed by atoms with Crippen molar-refractivity contribution in [1.82, 2.24) is 19.6 Å². The topological polar surface area (TPSA) is 55.6 Å². The van der Waals surface area contributed by atoms with E-state index in [1.165, 1.54) is 18.8 Å². The van der Waals surface area contributed by atoms with E-state index in [2.05, 4.69) is 10.2 Å². The van der Waals surface area contributed by atoms with Gasteiger partial charge in [-0.2, -0.15) is 18.3 Å². The zero-order chi connectivity index (χ0) is 13.7. The van der Waals surface area contributed by atoms with Gasteiger partial charge < -0.3 is 0 Å². The monoisotopic (exact) mass is 260 g/mol. The Bertz CT molecular complexity index is 647. The van der Waals surface area contributed by atoms with Gasteiger partial charge in [0.15, 0.2) is 5.69 Å². The Balaban J connectivity index is 2.66. The summed E-state index contributed by atoms with van der Waals surface area (Å²) in [4.78, 5) is 11.8. The van der Waals surface area contributed by atoms with Crippen LogP contribution in [-0.2, 0) is 20.3 Å². The fourth-order valence-electron chi connectivity index (χ4n) is 1.83. The lowest BCUT2D eigenvalue weighted by atomic mass is 10.2. The molecule has 0 aliphatic carbocycles. The number of alkyl halides is 3. The first kappa shape index (κ1) is 12.5. The number of rotatable bonds is 1. The molecule has 5 nitrogen and oxygen atoms in total. The molecule has 0 atom stereocenters. The maximum atomic E-state index is 12.5. The average molecular weight is 260 g/mol. The molecule has 18 heavy (non-hydrogen) atoms. The Labute approximate surface area is 99.8 Å². The van der Waals surface area contributed by atoms with Crippen LogP contribution in [0.3, 0.4) is 0 Å². The summed E-state index contributed by atoms with van der Waals surface area (Å²) >= 11 is 0. The quantitative estimate of drug-likeness (QED) is 0.843. The summed E-state index contributed by atoms with van der Waals surface area (Å²) in [5.74, 6) is 0. The Morgan fingerprint density at radius 3 is 2.33 bits per heavy atom. The molecule has 1 N–H and O–H groups in total. The summed E-state index contributed by atoms with van der Waals surface area (Å²) < 4.78 is 39.9.